The van der Waals surface area contributed by atoms with Crippen LogP contribution in [0.25, 0.3) is 5.57 Å². The summed E-state index contributed by atoms with van der Waals surface area (Å²) in [6.07, 6.45) is 6.54. The van der Waals surface area contributed by atoms with Crippen molar-refractivity contribution in [3.63, 3.8) is 0 Å². The van der Waals surface area contributed by atoms with Gasteiger partial charge in [0.15, 0.2) is 9.84 Å². The van der Waals surface area contributed by atoms with Crippen LogP contribution in [0.4, 0.5) is 5.69 Å². The second-order valence-corrected chi connectivity index (χ2v) is 9.27. The molecule has 0 saturated heterocycles. The summed E-state index contributed by atoms with van der Waals surface area (Å²) in [7, 11) is -1.77. The standard InChI is InChI=1S/C21H21N3O3S/c1-27-20-11-17(28(2,25)26)7-3-13(20)9-16-10-19(23-15-5-6-15)21-14(12-22)4-8-18(21)24-16/h3-4,7,10-11,15H,5-6,8-9H2,1-2H3,(H,23,24). The summed E-state index contributed by atoms with van der Waals surface area (Å²) >= 11 is 0. The molecule has 0 bridgehead atoms. The van der Waals surface area contributed by atoms with Crippen LogP contribution in [0.5, 0.6) is 5.75 Å². The molecule has 1 aromatic carbocycles. The maximum absolute atomic E-state index is 11.8. The maximum atomic E-state index is 11.8. The molecule has 2 aromatic rings. The van der Waals surface area contributed by atoms with Gasteiger partial charge in [0.1, 0.15) is 5.75 Å². The molecule has 144 valence electrons. The number of benzene rings is 1. The van der Waals surface area contributed by atoms with Crippen molar-refractivity contribution in [1.29, 1.82) is 5.26 Å². The van der Waals surface area contributed by atoms with Gasteiger partial charge in [-0.2, -0.15) is 5.26 Å². The Labute approximate surface area is 164 Å². The second kappa shape index (κ2) is 6.95. The highest BCUT2D eigenvalue weighted by molar-refractivity contribution is 7.90. The van der Waals surface area contributed by atoms with E-state index in [2.05, 4.69) is 11.4 Å². The molecule has 1 N–H and O–H groups in total. The molecule has 0 aliphatic heterocycles. The molecule has 0 amide bonds. The number of anilines is 1. The van der Waals surface area contributed by atoms with E-state index in [0.717, 1.165) is 41.0 Å². The van der Waals surface area contributed by atoms with Crippen molar-refractivity contribution in [3.8, 4) is 11.8 Å². The van der Waals surface area contributed by atoms with Crippen LogP contribution >= 0.6 is 0 Å². The van der Waals surface area contributed by atoms with Crippen molar-refractivity contribution in [2.24, 2.45) is 0 Å². The molecule has 7 heteroatoms. The SMILES string of the molecule is COc1cc(S(C)(=O)=O)ccc1Cc1cc(NC2CC2)c2c(n1)CC=C2C#N. The molecule has 1 saturated carbocycles. The minimum absolute atomic E-state index is 0.231. The summed E-state index contributed by atoms with van der Waals surface area (Å²) < 4.78 is 29.0. The summed E-state index contributed by atoms with van der Waals surface area (Å²) in [6.45, 7) is 0. The Morgan fingerprint density at radius 3 is 2.75 bits per heavy atom. The third kappa shape index (κ3) is 3.60. The Hall–Kier alpha value is -2.85. The fourth-order valence-corrected chi connectivity index (χ4v) is 4.09. The molecule has 2 aliphatic rings. The van der Waals surface area contributed by atoms with Gasteiger partial charge in [-0.15, -0.1) is 0 Å². The highest BCUT2D eigenvalue weighted by atomic mass is 32.2. The number of hydrogen-bond donors (Lipinski definition) is 1. The number of nitriles is 1. The Balaban J connectivity index is 1.70. The third-order valence-corrected chi connectivity index (χ3v) is 6.14. The number of hydrogen-bond acceptors (Lipinski definition) is 6. The lowest BCUT2D eigenvalue weighted by Crippen LogP contribution is -2.08. The first kappa shape index (κ1) is 18.5. The largest absolute Gasteiger partial charge is 0.496 e. The minimum atomic E-state index is -3.30. The lowest BCUT2D eigenvalue weighted by Gasteiger charge is -2.15. The monoisotopic (exact) mass is 395 g/mol. The summed E-state index contributed by atoms with van der Waals surface area (Å²) in [5.41, 5.74) is 5.18. The van der Waals surface area contributed by atoms with Crippen molar-refractivity contribution in [2.75, 3.05) is 18.7 Å². The van der Waals surface area contributed by atoms with Crippen molar-refractivity contribution >= 4 is 21.1 Å². The normalized spacial score (nSPS) is 15.5. The van der Waals surface area contributed by atoms with E-state index < -0.39 is 9.84 Å². The average Bonchev–Trinajstić information content (AvgIpc) is 3.37. The Morgan fingerprint density at radius 2 is 2.11 bits per heavy atom. The third-order valence-electron chi connectivity index (χ3n) is 5.03. The summed E-state index contributed by atoms with van der Waals surface area (Å²) in [6, 6.07) is 9.65. The predicted molar refractivity (Wildman–Crippen MR) is 107 cm³/mol. The van der Waals surface area contributed by atoms with Crippen LogP contribution in [0, 0.1) is 11.3 Å². The summed E-state index contributed by atoms with van der Waals surface area (Å²) in [5, 5.41) is 12.9. The van der Waals surface area contributed by atoms with Crippen molar-refractivity contribution in [1.82, 2.24) is 4.98 Å². The van der Waals surface area contributed by atoms with Gasteiger partial charge in [0.05, 0.1) is 29.3 Å². The molecular formula is C21H21N3O3S. The number of nitrogens with one attached hydrogen (secondary N) is 1. The van der Waals surface area contributed by atoms with Gasteiger partial charge in [0.2, 0.25) is 0 Å². The zero-order valence-corrected chi connectivity index (χ0v) is 16.6. The zero-order valence-electron chi connectivity index (χ0n) is 15.8. The molecule has 2 aliphatic carbocycles. The van der Waals surface area contributed by atoms with E-state index in [0.29, 0.717) is 30.2 Å². The molecule has 0 atom stereocenters. The topological polar surface area (TPSA) is 92.1 Å². The minimum Gasteiger partial charge on any atom is -0.496 e. The van der Waals surface area contributed by atoms with Crippen molar-refractivity contribution in [2.45, 2.75) is 36.6 Å². The van der Waals surface area contributed by atoms with Crippen LogP contribution in [0.15, 0.2) is 35.2 Å². The molecule has 1 aromatic heterocycles. The van der Waals surface area contributed by atoms with Crippen LogP contribution in [0.3, 0.4) is 0 Å². The highest BCUT2D eigenvalue weighted by Gasteiger charge is 2.26. The molecule has 1 heterocycles. The molecule has 0 spiro atoms. The Bertz CT molecular complexity index is 1130. The maximum Gasteiger partial charge on any atom is 0.175 e. The molecule has 28 heavy (non-hydrogen) atoms. The van der Waals surface area contributed by atoms with E-state index in [1.165, 1.54) is 13.4 Å². The van der Waals surface area contributed by atoms with Crippen LogP contribution in [0.2, 0.25) is 0 Å². The quantitative estimate of drug-likeness (QED) is 0.808. The van der Waals surface area contributed by atoms with Gasteiger partial charge < -0.3 is 10.1 Å². The van der Waals surface area contributed by atoms with Gasteiger partial charge in [-0.05, 0) is 31.0 Å². The van der Waals surface area contributed by atoms with Crippen molar-refractivity contribution < 1.29 is 13.2 Å². The molecule has 0 unspecified atom stereocenters. The van der Waals surface area contributed by atoms with E-state index in [1.54, 1.807) is 18.2 Å². The number of ether oxygens (including phenoxy) is 1. The second-order valence-electron chi connectivity index (χ2n) is 7.26. The fourth-order valence-electron chi connectivity index (χ4n) is 3.46. The number of methoxy groups -OCH3 is 1. The smallest absolute Gasteiger partial charge is 0.175 e. The first-order chi connectivity index (χ1) is 13.4. The van der Waals surface area contributed by atoms with E-state index in [9.17, 15) is 13.7 Å². The van der Waals surface area contributed by atoms with Crippen molar-refractivity contribution in [3.05, 3.63) is 52.9 Å². The number of aromatic nitrogens is 1. The van der Waals surface area contributed by atoms with Gasteiger partial charge in [0, 0.05) is 47.6 Å². The lowest BCUT2D eigenvalue weighted by molar-refractivity contribution is 0.409. The Morgan fingerprint density at radius 1 is 1.32 bits per heavy atom. The van der Waals surface area contributed by atoms with Gasteiger partial charge in [0.25, 0.3) is 0 Å². The number of sulfone groups is 1. The molecule has 4 rings (SSSR count). The average molecular weight is 395 g/mol. The van der Waals surface area contributed by atoms with E-state index in [4.69, 9.17) is 9.72 Å². The number of fused-ring (bicyclic) bond motifs is 1. The molecule has 1 fully saturated rings. The number of allylic oxidation sites excluding steroid dienone is 2. The van der Waals surface area contributed by atoms with Gasteiger partial charge >= 0.3 is 0 Å². The van der Waals surface area contributed by atoms with E-state index >= 15 is 0 Å². The van der Waals surface area contributed by atoms with Crippen LogP contribution in [0.1, 0.15) is 35.4 Å². The first-order valence-corrected chi connectivity index (χ1v) is 11.0. The zero-order chi connectivity index (χ0) is 19.9. The van der Waals surface area contributed by atoms with Crippen LogP contribution in [-0.2, 0) is 22.7 Å². The van der Waals surface area contributed by atoms with Gasteiger partial charge in [-0.25, -0.2) is 8.42 Å². The molecule has 0 radical (unpaired) electrons. The Kier molecular flexibility index (Phi) is 4.60. The summed E-state index contributed by atoms with van der Waals surface area (Å²) in [4.78, 5) is 5.00. The van der Waals surface area contributed by atoms with E-state index in [-0.39, 0.29) is 4.90 Å². The number of rotatable bonds is 6. The predicted octanol–water partition coefficient (Wildman–Crippen LogP) is 3.12. The first-order valence-electron chi connectivity index (χ1n) is 9.16. The van der Waals surface area contributed by atoms with E-state index in [1.807, 2.05) is 12.1 Å². The lowest BCUT2D eigenvalue weighted by atomic mass is 10.0. The van der Waals surface area contributed by atoms with Crippen LogP contribution in [-0.4, -0.2) is 32.8 Å². The molecular weight excluding hydrogens is 374 g/mol. The van der Waals surface area contributed by atoms with Crippen LogP contribution < -0.4 is 10.1 Å². The number of pyridine rings is 1. The highest BCUT2D eigenvalue weighted by Crippen LogP contribution is 2.36. The van der Waals surface area contributed by atoms with Gasteiger partial charge in [-0.3, -0.25) is 4.98 Å². The molecule has 6 nitrogen and oxygen atoms in total. The number of nitrogens with zero attached hydrogens (tertiary/aromatic N) is 2. The fraction of sp³-hybridized carbons (Fsp3) is 0.333. The van der Waals surface area contributed by atoms with Gasteiger partial charge in [-0.1, -0.05) is 12.1 Å². The summed E-state index contributed by atoms with van der Waals surface area (Å²) in [5.74, 6) is 0.526.